The van der Waals surface area contributed by atoms with Crippen molar-refractivity contribution in [3.63, 3.8) is 0 Å². The van der Waals surface area contributed by atoms with Crippen LogP contribution >= 0.6 is 0 Å². The average molecular weight is 336 g/mol. The first-order valence-electron chi connectivity index (χ1n) is 7.85. The summed E-state index contributed by atoms with van der Waals surface area (Å²) in [6.45, 7) is 3.45. The van der Waals surface area contributed by atoms with Crippen molar-refractivity contribution in [2.75, 3.05) is 31.1 Å². The molecule has 2 aromatic carbocycles. The summed E-state index contributed by atoms with van der Waals surface area (Å²) >= 11 is 0. The van der Waals surface area contributed by atoms with E-state index in [1.54, 1.807) is 18.2 Å². The van der Waals surface area contributed by atoms with Gasteiger partial charge in [-0.1, -0.05) is 24.3 Å². The highest BCUT2D eigenvalue weighted by Gasteiger charge is 2.31. The zero-order chi connectivity index (χ0) is 17.2. The summed E-state index contributed by atoms with van der Waals surface area (Å²) in [5.74, 6) is 0.276. The van der Waals surface area contributed by atoms with E-state index >= 15 is 0 Å². The van der Waals surface area contributed by atoms with Gasteiger partial charge in [0.1, 0.15) is 5.75 Å². The molecule has 0 spiro atoms. The second-order valence-electron chi connectivity index (χ2n) is 5.94. The van der Waals surface area contributed by atoms with Crippen molar-refractivity contribution < 1.29 is 18.3 Å². The van der Waals surface area contributed by atoms with E-state index in [1.807, 2.05) is 17.0 Å². The van der Waals surface area contributed by atoms with Crippen molar-refractivity contribution in [2.24, 2.45) is 0 Å². The molecule has 0 amide bonds. The zero-order valence-corrected chi connectivity index (χ0v) is 13.1. The number of rotatable bonds is 3. The van der Waals surface area contributed by atoms with E-state index in [2.05, 4.69) is 4.90 Å². The Morgan fingerprint density at radius 1 is 0.917 bits per heavy atom. The first kappa shape index (κ1) is 16.6. The lowest BCUT2D eigenvalue weighted by molar-refractivity contribution is -0.137. The number of aromatic hydroxyl groups is 1. The van der Waals surface area contributed by atoms with Crippen molar-refractivity contribution in [2.45, 2.75) is 12.7 Å². The third-order valence-corrected chi connectivity index (χ3v) is 4.30. The number of phenols is 1. The Labute approximate surface area is 138 Å². The fourth-order valence-electron chi connectivity index (χ4n) is 2.93. The lowest BCUT2D eigenvalue weighted by atomic mass is 10.1. The molecule has 0 bridgehead atoms. The summed E-state index contributed by atoms with van der Waals surface area (Å²) in [4.78, 5) is 4.16. The Hall–Kier alpha value is -2.21. The van der Waals surface area contributed by atoms with Gasteiger partial charge in [-0.25, -0.2) is 0 Å². The number of hydrogen-bond acceptors (Lipinski definition) is 3. The van der Waals surface area contributed by atoms with Crippen molar-refractivity contribution in [3.8, 4) is 5.75 Å². The summed E-state index contributed by atoms with van der Waals surface area (Å²) in [6, 6.07) is 12.7. The fraction of sp³-hybridized carbons (Fsp3) is 0.333. The molecule has 2 aromatic rings. The summed E-state index contributed by atoms with van der Waals surface area (Å²) in [5, 5.41) is 9.83. The predicted molar refractivity (Wildman–Crippen MR) is 87.0 cm³/mol. The number of alkyl halides is 3. The van der Waals surface area contributed by atoms with E-state index in [0.717, 1.165) is 24.7 Å². The van der Waals surface area contributed by atoms with Crippen LogP contribution in [0.5, 0.6) is 5.75 Å². The van der Waals surface area contributed by atoms with E-state index in [0.29, 0.717) is 25.3 Å². The van der Waals surface area contributed by atoms with Crippen LogP contribution in [0.15, 0.2) is 48.5 Å². The monoisotopic (exact) mass is 336 g/mol. The molecule has 1 fully saturated rings. The van der Waals surface area contributed by atoms with Gasteiger partial charge in [0.15, 0.2) is 0 Å². The first-order valence-corrected chi connectivity index (χ1v) is 7.85. The Morgan fingerprint density at radius 3 is 2.29 bits per heavy atom. The molecule has 0 aliphatic carbocycles. The van der Waals surface area contributed by atoms with Crippen molar-refractivity contribution in [1.29, 1.82) is 0 Å². The minimum Gasteiger partial charge on any atom is -0.508 e. The van der Waals surface area contributed by atoms with E-state index < -0.39 is 11.7 Å². The maximum absolute atomic E-state index is 12.8. The molecule has 1 saturated heterocycles. The van der Waals surface area contributed by atoms with Crippen molar-refractivity contribution >= 4 is 5.69 Å². The highest BCUT2D eigenvalue weighted by Crippen LogP contribution is 2.32. The lowest BCUT2D eigenvalue weighted by Crippen LogP contribution is -2.46. The predicted octanol–water partition coefficient (Wildman–Crippen LogP) is 3.73. The van der Waals surface area contributed by atoms with Crippen LogP contribution in [0.4, 0.5) is 18.9 Å². The van der Waals surface area contributed by atoms with Crippen LogP contribution in [0.3, 0.4) is 0 Å². The largest absolute Gasteiger partial charge is 0.508 e. The molecule has 3 nitrogen and oxygen atoms in total. The van der Waals surface area contributed by atoms with Crippen LogP contribution in [0.2, 0.25) is 0 Å². The first-order chi connectivity index (χ1) is 11.4. The Morgan fingerprint density at radius 2 is 1.62 bits per heavy atom. The lowest BCUT2D eigenvalue weighted by Gasteiger charge is -2.36. The van der Waals surface area contributed by atoms with E-state index in [9.17, 15) is 18.3 Å². The quantitative estimate of drug-likeness (QED) is 0.925. The van der Waals surface area contributed by atoms with Crippen LogP contribution < -0.4 is 4.90 Å². The molecule has 0 atom stereocenters. The summed E-state index contributed by atoms with van der Waals surface area (Å²) < 4.78 is 38.5. The second-order valence-corrected chi connectivity index (χ2v) is 5.94. The van der Waals surface area contributed by atoms with Crippen molar-refractivity contribution in [3.05, 3.63) is 59.7 Å². The van der Waals surface area contributed by atoms with Crippen molar-refractivity contribution in [1.82, 2.24) is 4.90 Å². The topological polar surface area (TPSA) is 26.7 Å². The Balaban J connectivity index is 1.62. The number of hydrogen-bond donors (Lipinski definition) is 1. The number of anilines is 1. The summed E-state index contributed by atoms with van der Waals surface area (Å²) in [5.41, 5.74) is 0.855. The Kier molecular flexibility index (Phi) is 4.66. The van der Waals surface area contributed by atoms with Crippen LogP contribution in [-0.2, 0) is 12.7 Å². The molecule has 0 saturated carbocycles. The van der Waals surface area contributed by atoms with Gasteiger partial charge in [-0.15, -0.1) is 0 Å². The standard InChI is InChI=1S/C18H19F3N2O/c19-18(20,21)15-5-3-6-16(12-15)23-10-8-22(9-11-23)13-14-4-1-2-7-17(14)24/h1-7,12,24H,8-11,13H2. The van der Waals surface area contributed by atoms with Gasteiger partial charge in [0.25, 0.3) is 0 Å². The summed E-state index contributed by atoms with van der Waals surface area (Å²) in [6.07, 6.45) is -4.32. The minimum atomic E-state index is -4.32. The molecule has 3 rings (SSSR count). The van der Waals surface area contributed by atoms with Crippen LogP contribution in [0, 0.1) is 0 Å². The van der Waals surface area contributed by atoms with Gasteiger partial charge in [0.05, 0.1) is 5.56 Å². The molecular formula is C18H19F3N2O. The maximum atomic E-state index is 12.8. The average Bonchev–Trinajstić information content (AvgIpc) is 2.57. The molecule has 6 heteroatoms. The van der Waals surface area contributed by atoms with E-state index in [-0.39, 0.29) is 5.75 Å². The molecule has 0 radical (unpaired) electrons. The number of phenolic OH excluding ortho intramolecular Hbond substituents is 1. The number of para-hydroxylation sites is 1. The highest BCUT2D eigenvalue weighted by molar-refractivity contribution is 5.49. The van der Waals surface area contributed by atoms with Gasteiger partial charge in [0, 0.05) is 44.0 Å². The SMILES string of the molecule is Oc1ccccc1CN1CCN(c2cccc(C(F)(F)F)c2)CC1. The van der Waals surface area contributed by atoms with Crippen LogP contribution in [0.25, 0.3) is 0 Å². The van der Waals surface area contributed by atoms with Gasteiger partial charge < -0.3 is 10.0 Å². The molecule has 1 aliphatic rings. The van der Waals surface area contributed by atoms with Gasteiger partial charge in [-0.05, 0) is 24.3 Å². The van der Waals surface area contributed by atoms with Gasteiger partial charge >= 0.3 is 6.18 Å². The normalized spacial score (nSPS) is 16.4. The summed E-state index contributed by atoms with van der Waals surface area (Å²) in [7, 11) is 0. The number of benzene rings is 2. The smallest absolute Gasteiger partial charge is 0.416 e. The number of piperazine rings is 1. The van der Waals surface area contributed by atoms with Gasteiger partial charge in [0.2, 0.25) is 0 Å². The van der Waals surface area contributed by atoms with Crippen LogP contribution in [-0.4, -0.2) is 36.2 Å². The molecule has 0 aromatic heterocycles. The third kappa shape index (κ3) is 3.82. The van der Waals surface area contributed by atoms with Crippen LogP contribution in [0.1, 0.15) is 11.1 Å². The molecule has 128 valence electrons. The zero-order valence-electron chi connectivity index (χ0n) is 13.1. The molecule has 1 N–H and O–H groups in total. The minimum absolute atomic E-state index is 0.276. The number of halogens is 3. The molecule has 1 aliphatic heterocycles. The molecule has 24 heavy (non-hydrogen) atoms. The second kappa shape index (κ2) is 6.73. The van der Waals surface area contributed by atoms with E-state index in [1.165, 1.54) is 12.1 Å². The molecule has 0 unspecified atom stereocenters. The Bertz CT molecular complexity index is 695. The highest BCUT2D eigenvalue weighted by atomic mass is 19.4. The maximum Gasteiger partial charge on any atom is 0.416 e. The molecular weight excluding hydrogens is 317 g/mol. The van der Waals surface area contributed by atoms with Gasteiger partial charge in [-0.3, -0.25) is 4.90 Å². The third-order valence-electron chi connectivity index (χ3n) is 4.30. The fourth-order valence-corrected chi connectivity index (χ4v) is 2.93. The number of nitrogens with zero attached hydrogens (tertiary/aromatic N) is 2. The van der Waals surface area contributed by atoms with Gasteiger partial charge in [-0.2, -0.15) is 13.2 Å². The van der Waals surface area contributed by atoms with E-state index in [4.69, 9.17) is 0 Å². The molecule has 1 heterocycles.